The van der Waals surface area contributed by atoms with Gasteiger partial charge in [-0.3, -0.25) is 34.9 Å². The molecule has 7 nitrogen and oxygen atoms in total. The third-order valence-electron chi connectivity index (χ3n) is 4.98. The molecule has 144 valence electrons. The minimum Gasteiger partial charge on any atom is -0.282 e. The number of nitrogens with one attached hydrogen (secondary N) is 2. The highest BCUT2D eigenvalue weighted by Crippen LogP contribution is 2.37. The van der Waals surface area contributed by atoms with Crippen LogP contribution in [0.2, 0.25) is 10.0 Å². The van der Waals surface area contributed by atoms with Gasteiger partial charge in [-0.2, -0.15) is 0 Å². The fourth-order valence-electron chi connectivity index (χ4n) is 3.59. The van der Waals surface area contributed by atoms with E-state index in [4.69, 9.17) is 23.2 Å². The van der Waals surface area contributed by atoms with Crippen molar-refractivity contribution in [3.63, 3.8) is 0 Å². The van der Waals surface area contributed by atoms with Crippen molar-refractivity contribution in [3.8, 4) is 0 Å². The molecular formula is C18H19Cl2N3O4. The predicted molar refractivity (Wildman–Crippen MR) is 98.9 cm³/mol. The summed E-state index contributed by atoms with van der Waals surface area (Å²) in [5.41, 5.74) is 4.62. The summed E-state index contributed by atoms with van der Waals surface area (Å²) in [7, 11) is 0. The zero-order valence-electron chi connectivity index (χ0n) is 14.5. The van der Waals surface area contributed by atoms with Crippen LogP contribution < -0.4 is 10.9 Å². The van der Waals surface area contributed by atoms with E-state index >= 15 is 0 Å². The molecule has 0 aromatic heterocycles. The first-order valence-corrected chi connectivity index (χ1v) is 9.53. The number of amides is 4. The van der Waals surface area contributed by atoms with Crippen LogP contribution in [0.3, 0.4) is 0 Å². The van der Waals surface area contributed by atoms with Crippen LogP contribution in [0.25, 0.3) is 0 Å². The lowest BCUT2D eigenvalue weighted by molar-refractivity contribution is -0.140. The van der Waals surface area contributed by atoms with Crippen molar-refractivity contribution in [1.82, 2.24) is 15.8 Å². The maximum atomic E-state index is 12.4. The maximum Gasteiger partial charge on any atom is 0.271 e. The van der Waals surface area contributed by atoms with E-state index in [2.05, 4.69) is 10.9 Å². The molecule has 1 aromatic carbocycles. The van der Waals surface area contributed by atoms with Crippen LogP contribution in [-0.4, -0.2) is 35.1 Å². The van der Waals surface area contributed by atoms with Gasteiger partial charge in [0.25, 0.3) is 5.91 Å². The van der Waals surface area contributed by atoms with Crippen LogP contribution in [0.4, 0.5) is 0 Å². The van der Waals surface area contributed by atoms with E-state index in [1.807, 2.05) is 0 Å². The standard InChI is InChI=1S/C18H19Cl2N3O4/c19-10-5-6-14(20)13(9-10)16(25)22-21-15(24)7-8-23-17(26)11-3-1-2-4-12(11)18(23)27/h5-6,9,11-12H,1-4,7-8H2,(H,21,24)(H,22,25)/t11-,12+. The first-order chi connectivity index (χ1) is 12.9. The quantitative estimate of drug-likeness (QED) is 0.586. The number of halogens is 2. The number of imide groups is 1. The smallest absolute Gasteiger partial charge is 0.271 e. The summed E-state index contributed by atoms with van der Waals surface area (Å²) in [6.07, 6.45) is 3.27. The minimum absolute atomic E-state index is 0.00426. The van der Waals surface area contributed by atoms with Crippen molar-refractivity contribution in [2.45, 2.75) is 32.1 Å². The van der Waals surface area contributed by atoms with Gasteiger partial charge in [-0.15, -0.1) is 0 Å². The number of likely N-dealkylation sites (tertiary alicyclic amines) is 1. The first kappa shape index (κ1) is 19.6. The van der Waals surface area contributed by atoms with Crippen molar-refractivity contribution < 1.29 is 19.2 Å². The summed E-state index contributed by atoms with van der Waals surface area (Å²) < 4.78 is 0. The van der Waals surface area contributed by atoms with Crippen LogP contribution in [0.5, 0.6) is 0 Å². The summed E-state index contributed by atoms with van der Waals surface area (Å²) in [6, 6.07) is 4.40. The van der Waals surface area contributed by atoms with Gasteiger partial charge in [-0.1, -0.05) is 36.0 Å². The molecule has 4 amide bonds. The fraction of sp³-hybridized carbons (Fsp3) is 0.444. The van der Waals surface area contributed by atoms with Crippen LogP contribution in [0, 0.1) is 11.8 Å². The summed E-state index contributed by atoms with van der Waals surface area (Å²) in [5, 5.41) is 0.533. The van der Waals surface area contributed by atoms with Crippen molar-refractivity contribution in [1.29, 1.82) is 0 Å². The van der Waals surface area contributed by atoms with Gasteiger partial charge in [0, 0.05) is 18.0 Å². The van der Waals surface area contributed by atoms with Crippen molar-refractivity contribution in [2.24, 2.45) is 11.8 Å². The average Bonchev–Trinajstić information content (AvgIpc) is 2.91. The minimum atomic E-state index is -0.616. The monoisotopic (exact) mass is 411 g/mol. The van der Waals surface area contributed by atoms with Gasteiger partial charge in [0.2, 0.25) is 17.7 Å². The van der Waals surface area contributed by atoms with Gasteiger partial charge in [-0.25, -0.2) is 0 Å². The molecule has 1 saturated carbocycles. The highest BCUT2D eigenvalue weighted by atomic mass is 35.5. The molecule has 2 atom stereocenters. The summed E-state index contributed by atoms with van der Waals surface area (Å²) in [6.45, 7) is 0.00426. The summed E-state index contributed by atoms with van der Waals surface area (Å²) in [5.74, 6) is -1.98. The molecule has 27 heavy (non-hydrogen) atoms. The van der Waals surface area contributed by atoms with Gasteiger partial charge in [0.05, 0.1) is 22.4 Å². The number of carbonyl (C=O) groups is 4. The lowest BCUT2D eigenvalue weighted by atomic mass is 9.81. The molecule has 1 aliphatic heterocycles. The van der Waals surface area contributed by atoms with E-state index in [0.29, 0.717) is 5.02 Å². The predicted octanol–water partition coefficient (Wildman–Crippen LogP) is 2.32. The van der Waals surface area contributed by atoms with Crippen LogP contribution in [0.1, 0.15) is 42.5 Å². The number of fused-ring (bicyclic) bond motifs is 1. The maximum absolute atomic E-state index is 12.4. The summed E-state index contributed by atoms with van der Waals surface area (Å²) in [4.78, 5) is 49.9. The molecule has 0 spiro atoms. The molecule has 2 fully saturated rings. The Kier molecular flexibility index (Phi) is 6.01. The molecular weight excluding hydrogens is 393 g/mol. The molecule has 1 aromatic rings. The average molecular weight is 412 g/mol. The number of hydrazine groups is 1. The van der Waals surface area contributed by atoms with Crippen LogP contribution in [-0.2, 0) is 14.4 Å². The van der Waals surface area contributed by atoms with Gasteiger partial charge < -0.3 is 0 Å². The Hall–Kier alpha value is -2.12. The second kappa shape index (κ2) is 8.27. The highest BCUT2D eigenvalue weighted by molar-refractivity contribution is 6.35. The molecule has 1 heterocycles. The molecule has 2 aliphatic rings. The van der Waals surface area contributed by atoms with Gasteiger partial charge in [0.15, 0.2) is 0 Å². The van der Waals surface area contributed by atoms with E-state index in [9.17, 15) is 19.2 Å². The molecule has 1 aliphatic carbocycles. The number of hydrogen-bond donors (Lipinski definition) is 2. The van der Waals surface area contributed by atoms with E-state index in [1.165, 1.54) is 17.0 Å². The van der Waals surface area contributed by atoms with Crippen LogP contribution in [0.15, 0.2) is 18.2 Å². The number of nitrogens with zero attached hydrogens (tertiary/aromatic N) is 1. The zero-order valence-corrected chi connectivity index (χ0v) is 16.0. The van der Waals surface area contributed by atoms with Crippen molar-refractivity contribution in [3.05, 3.63) is 33.8 Å². The Balaban J connectivity index is 1.50. The second-order valence-electron chi connectivity index (χ2n) is 6.70. The van der Waals surface area contributed by atoms with E-state index in [-0.39, 0.29) is 47.2 Å². The van der Waals surface area contributed by atoms with Crippen molar-refractivity contribution >= 4 is 46.8 Å². The Morgan fingerprint density at radius 3 is 2.30 bits per heavy atom. The van der Waals surface area contributed by atoms with E-state index in [0.717, 1.165) is 25.7 Å². The lowest BCUT2D eigenvalue weighted by Crippen LogP contribution is -2.43. The Morgan fingerprint density at radius 2 is 1.67 bits per heavy atom. The number of hydrogen-bond acceptors (Lipinski definition) is 4. The summed E-state index contributed by atoms with van der Waals surface area (Å²) >= 11 is 11.8. The number of carbonyl (C=O) groups excluding carboxylic acids is 4. The molecule has 0 unspecified atom stereocenters. The van der Waals surface area contributed by atoms with Gasteiger partial charge in [0.1, 0.15) is 0 Å². The molecule has 0 bridgehead atoms. The number of benzene rings is 1. The van der Waals surface area contributed by atoms with E-state index in [1.54, 1.807) is 6.07 Å². The third-order valence-corrected chi connectivity index (χ3v) is 5.55. The van der Waals surface area contributed by atoms with Crippen molar-refractivity contribution in [2.75, 3.05) is 6.54 Å². The second-order valence-corrected chi connectivity index (χ2v) is 7.55. The zero-order chi connectivity index (χ0) is 19.6. The topological polar surface area (TPSA) is 95.6 Å². The normalized spacial score (nSPS) is 21.8. The largest absolute Gasteiger partial charge is 0.282 e. The van der Waals surface area contributed by atoms with E-state index < -0.39 is 11.8 Å². The van der Waals surface area contributed by atoms with Gasteiger partial charge >= 0.3 is 0 Å². The molecule has 9 heteroatoms. The Morgan fingerprint density at radius 1 is 1.04 bits per heavy atom. The molecule has 3 rings (SSSR count). The first-order valence-electron chi connectivity index (χ1n) is 8.78. The molecule has 2 N–H and O–H groups in total. The third kappa shape index (κ3) is 4.25. The van der Waals surface area contributed by atoms with Crippen LogP contribution >= 0.6 is 23.2 Å². The van der Waals surface area contributed by atoms with Gasteiger partial charge in [-0.05, 0) is 31.0 Å². The number of rotatable bonds is 4. The SMILES string of the molecule is O=C(CCN1C(=O)[C@H]2CCCC[C@H]2C1=O)NNC(=O)c1cc(Cl)ccc1Cl. The molecule has 1 saturated heterocycles. The molecule has 0 radical (unpaired) electrons. The lowest BCUT2D eigenvalue weighted by Gasteiger charge is -2.19. The highest BCUT2D eigenvalue weighted by Gasteiger charge is 2.47. The Labute approximate surface area is 166 Å². The Bertz CT molecular complexity index is 775. The fourth-order valence-corrected chi connectivity index (χ4v) is 3.97.